The average Bonchev–Trinajstić information content (AvgIpc) is 2.44. The van der Waals surface area contributed by atoms with E-state index in [0.717, 1.165) is 21.2 Å². The van der Waals surface area contributed by atoms with Gasteiger partial charge in [0.2, 0.25) is 0 Å². The Kier molecular flexibility index (Phi) is 2.09. The van der Waals surface area contributed by atoms with Crippen LogP contribution in [-0.2, 0) is 13.7 Å². The van der Waals surface area contributed by atoms with Crippen molar-refractivity contribution in [2.24, 2.45) is 7.05 Å². The molecule has 0 unspecified atom stereocenters. The van der Waals surface area contributed by atoms with Crippen LogP contribution in [0.4, 0.5) is 0 Å². The fraction of sp³-hybridized carbons (Fsp3) is 0.222. The van der Waals surface area contributed by atoms with Crippen molar-refractivity contribution in [3.63, 3.8) is 0 Å². The molecule has 0 aromatic carbocycles. The summed E-state index contributed by atoms with van der Waals surface area (Å²) in [7, 11) is 1.92. The maximum atomic E-state index is 9.03. The van der Waals surface area contributed by atoms with E-state index < -0.39 is 0 Å². The standard InChI is InChI=1S/C9H9BrN2O/c1-12-7(5-13)3-8-9(12)2-6(10)4-11-8/h2-4,13H,5H2,1H3. The predicted molar refractivity (Wildman–Crippen MR) is 54.3 cm³/mol. The molecule has 0 atom stereocenters. The van der Waals surface area contributed by atoms with Crippen molar-refractivity contribution in [2.45, 2.75) is 6.61 Å². The lowest BCUT2D eigenvalue weighted by molar-refractivity contribution is 0.273. The lowest BCUT2D eigenvalue weighted by atomic mass is 10.4. The second-order valence-electron chi connectivity index (χ2n) is 2.91. The first-order valence-electron chi connectivity index (χ1n) is 3.93. The summed E-state index contributed by atoms with van der Waals surface area (Å²) in [6, 6.07) is 3.88. The van der Waals surface area contributed by atoms with Crippen LogP contribution in [0.25, 0.3) is 11.0 Å². The van der Waals surface area contributed by atoms with Gasteiger partial charge < -0.3 is 9.67 Å². The third-order valence-electron chi connectivity index (χ3n) is 2.12. The van der Waals surface area contributed by atoms with Crippen molar-refractivity contribution in [3.05, 3.63) is 28.5 Å². The third-order valence-corrected chi connectivity index (χ3v) is 2.56. The molecule has 0 aliphatic heterocycles. The molecule has 0 radical (unpaired) electrons. The normalized spacial score (nSPS) is 11.0. The van der Waals surface area contributed by atoms with Crippen LogP contribution >= 0.6 is 15.9 Å². The van der Waals surface area contributed by atoms with Crippen molar-refractivity contribution in [1.82, 2.24) is 9.55 Å². The fourth-order valence-electron chi connectivity index (χ4n) is 1.38. The minimum Gasteiger partial charge on any atom is -0.390 e. The number of fused-ring (bicyclic) bond motifs is 1. The molecule has 13 heavy (non-hydrogen) atoms. The van der Waals surface area contributed by atoms with Gasteiger partial charge in [-0.15, -0.1) is 0 Å². The highest BCUT2D eigenvalue weighted by molar-refractivity contribution is 9.10. The number of nitrogens with zero attached hydrogens (tertiary/aromatic N) is 2. The van der Waals surface area contributed by atoms with Crippen molar-refractivity contribution >= 4 is 27.0 Å². The summed E-state index contributed by atoms with van der Waals surface area (Å²) in [6.07, 6.45) is 1.75. The molecule has 1 N–H and O–H groups in total. The second kappa shape index (κ2) is 3.12. The molecular weight excluding hydrogens is 232 g/mol. The average molecular weight is 241 g/mol. The van der Waals surface area contributed by atoms with E-state index in [1.165, 1.54) is 0 Å². The summed E-state index contributed by atoms with van der Waals surface area (Å²) >= 11 is 3.36. The Morgan fingerprint density at radius 3 is 3.00 bits per heavy atom. The zero-order valence-corrected chi connectivity index (χ0v) is 8.74. The first-order valence-corrected chi connectivity index (χ1v) is 4.72. The molecule has 0 aliphatic carbocycles. The van der Waals surface area contributed by atoms with Crippen LogP contribution in [0.3, 0.4) is 0 Å². The fourth-order valence-corrected chi connectivity index (χ4v) is 1.70. The number of halogens is 1. The minimum atomic E-state index is 0.0461. The van der Waals surface area contributed by atoms with Gasteiger partial charge in [-0.25, -0.2) is 0 Å². The Balaban J connectivity index is 2.77. The summed E-state index contributed by atoms with van der Waals surface area (Å²) in [5, 5.41) is 9.03. The summed E-state index contributed by atoms with van der Waals surface area (Å²) in [4.78, 5) is 4.23. The SMILES string of the molecule is Cn1c(CO)cc2ncc(Br)cc21. The van der Waals surface area contributed by atoms with Crippen LogP contribution in [-0.4, -0.2) is 14.7 Å². The molecule has 0 saturated heterocycles. The van der Waals surface area contributed by atoms with Gasteiger partial charge in [-0.3, -0.25) is 4.98 Å². The van der Waals surface area contributed by atoms with Crippen molar-refractivity contribution in [3.8, 4) is 0 Å². The van der Waals surface area contributed by atoms with Gasteiger partial charge in [0.25, 0.3) is 0 Å². The maximum Gasteiger partial charge on any atom is 0.0885 e. The van der Waals surface area contributed by atoms with Gasteiger partial charge in [-0.2, -0.15) is 0 Å². The Bertz CT molecular complexity index is 450. The lowest BCUT2D eigenvalue weighted by Gasteiger charge is -1.99. The largest absolute Gasteiger partial charge is 0.390 e. The van der Waals surface area contributed by atoms with E-state index in [2.05, 4.69) is 20.9 Å². The summed E-state index contributed by atoms with van der Waals surface area (Å²) in [6.45, 7) is 0.0461. The van der Waals surface area contributed by atoms with Crippen molar-refractivity contribution in [2.75, 3.05) is 0 Å². The first kappa shape index (κ1) is 8.72. The van der Waals surface area contributed by atoms with E-state index in [4.69, 9.17) is 5.11 Å². The zero-order chi connectivity index (χ0) is 9.42. The van der Waals surface area contributed by atoms with Crippen LogP contribution in [0.15, 0.2) is 22.8 Å². The van der Waals surface area contributed by atoms with Gasteiger partial charge in [0.1, 0.15) is 0 Å². The monoisotopic (exact) mass is 240 g/mol. The topological polar surface area (TPSA) is 38.0 Å². The number of hydrogen-bond donors (Lipinski definition) is 1. The van der Waals surface area contributed by atoms with Gasteiger partial charge in [-0.1, -0.05) is 0 Å². The van der Waals surface area contributed by atoms with Gasteiger partial charge in [0.05, 0.1) is 17.6 Å². The summed E-state index contributed by atoms with van der Waals surface area (Å²) in [5.74, 6) is 0. The van der Waals surface area contributed by atoms with E-state index >= 15 is 0 Å². The minimum absolute atomic E-state index is 0.0461. The Labute approximate surface area is 84.1 Å². The molecule has 4 heteroatoms. The molecule has 0 fully saturated rings. The molecule has 3 nitrogen and oxygen atoms in total. The van der Waals surface area contributed by atoms with Gasteiger partial charge >= 0.3 is 0 Å². The summed E-state index contributed by atoms with van der Waals surface area (Å²) < 4.78 is 2.89. The quantitative estimate of drug-likeness (QED) is 0.827. The molecule has 2 aromatic heterocycles. The van der Waals surface area contributed by atoms with E-state index in [9.17, 15) is 0 Å². The third kappa shape index (κ3) is 1.36. The number of hydrogen-bond acceptors (Lipinski definition) is 2. The van der Waals surface area contributed by atoms with Crippen molar-refractivity contribution < 1.29 is 5.11 Å². The number of aliphatic hydroxyl groups excluding tert-OH is 1. The molecule has 0 spiro atoms. The number of aryl methyl sites for hydroxylation is 1. The van der Waals surface area contributed by atoms with Crippen molar-refractivity contribution in [1.29, 1.82) is 0 Å². The Morgan fingerprint density at radius 1 is 1.54 bits per heavy atom. The molecule has 2 heterocycles. The second-order valence-corrected chi connectivity index (χ2v) is 3.83. The molecule has 2 aromatic rings. The Hall–Kier alpha value is -0.870. The smallest absolute Gasteiger partial charge is 0.0885 e. The molecule has 0 aliphatic rings. The van der Waals surface area contributed by atoms with E-state index in [1.54, 1.807) is 6.20 Å². The molecule has 0 saturated carbocycles. The number of rotatable bonds is 1. The van der Waals surface area contributed by atoms with E-state index in [1.807, 2.05) is 23.7 Å². The van der Waals surface area contributed by atoms with Crippen LogP contribution in [0.2, 0.25) is 0 Å². The zero-order valence-electron chi connectivity index (χ0n) is 7.16. The first-order chi connectivity index (χ1) is 6.22. The molecule has 68 valence electrons. The van der Waals surface area contributed by atoms with E-state index in [0.29, 0.717) is 0 Å². The highest BCUT2D eigenvalue weighted by atomic mass is 79.9. The molecule has 0 bridgehead atoms. The predicted octanol–water partition coefficient (Wildman–Crippen LogP) is 1.83. The van der Waals surface area contributed by atoms with Crippen LogP contribution in [0.1, 0.15) is 5.69 Å². The number of aromatic nitrogens is 2. The van der Waals surface area contributed by atoms with Gasteiger partial charge in [0, 0.05) is 23.4 Å². The van der Waals surface area contributed by atoms with Crippen LogP contribution in [0.5, 0.6) is 0 Å². The van der Waals surface area contributed by atoms with Crippen LogP contribution < -0.4 is 0 Å². The summed E-state index contributed by atoms with van der Waals surface area (Å²) in [5.41, 5.74) is 2.81. The van der Waals surface area contributed by atoms with Gasteiger partial charge in [-0.05, 0) is 28.1 Å². The molecular formula is C9H9BrN2O. The molecule has 2 rings (SSSR count). The van der Waals surface area contributed by atoms with E-state index in [-0.39, 0.29) is 6.61 Å². The highest BCUT2D eigenvalue weighted by Gasteiger charge is 2.05. The Morgan fingerprint density at radius 2 is 2.31 bits per heavy atom. The number of aliphatic hydroxyl groups is 1. The highest BCUT2D eigenvalue weighted by Crippen LogP contribution is 2.20. The lowest BCUT2D eigenvalue weighted by Crippen LogP contribution is -1.94. The van der Waals surface area contributed by atoms with Crippen LogP contribution in [0, 0.1) is 0 Å². The maximum absolute atomic E-state index is 9.03. The molecule has 0 amide bonds. The van der Waals surface area contributed by atoms with Gasteiger partial charge in [0.15, 0.2) is 0 Å². The number of pyridine rings is 1.